The van der Waals surface area contributed by atoms with Gasteiger partial charge in [-0.3, -0.25) is 5.10 Å². The Morgan fingerprint density at radius 2 is 1.94 bits per heavy atom. The van der Waals surface area contributed by atoms with Gasteiger partial charge in [0, 0.05) is 11.3 Å². The monoisotopic (exact) mass is 276 g/mol. The number of rotatable bonds is 1. The highest BCUT2D eigenvalue weighted by molar-refractivity contribution is 9.10. The largest absolute Gasteiger partial charge is 0.294 e. The molecule has 0 radical (unpaired) electrons. The summed E-state index contributed by atoms with van der Waals surface area (Å²) in [5.41, 5.74) is 2.90. The van der Waals surface area contributed by atoms with Gasteiger partial charge < -0.3 is 0 Å². The van der Waals surface area contributed by atoms with Crippen molar-refractivity contribution in [3.8, 4) is 11.4 Å². The van der Waals surface area contributed by atoms with Crippen LogP contribution in [-0.2, 0) is 0 Å². The lowest BCUT2D eigenvalue weighted by atomic mass is 10.2. The minimum atomic E-state index is 0.816. The van der Waals surface area contributed by atoms with Crippen molar-refractivity contribution in [2.75, 3.05) is 0 Å². The normalized spacial score (nSPS) is 11.1. The number of aromatic amines is 1. The highest BCUT2D eigenvalue weighted by Gasteiger charge is 2.13. The maximum Gasteiger partial charge on any atom is 0.192 e. The number of hydrogen-bond acceptors (Lipinski definition) is 2. The van der Waals surface area contributed by atoms with Gasteiger partial charge in [0.25, 0.3) is 0 Å². The summed E-state index contributed by atoms with van der Waals surface area (Å²) in [6.45, 7) is 1.99. The molecule has 2 aromatic heterocycles. The zero-order chi connectivity index (χ0) is 11.1. The van der Waals surface area contributed by atoms with E-state index in [4.69, 9.17) is 0 Å². The fraction of sp³-hybridized carbons (Fsp3) is 0.0909. The Hall–Kier alpha value is -1.62. The van der Waals surface area contributed by atoms with Crippen LogP contribution in [0.5, 0.6) is 0 Å². The van der Waals surface area contributed by atoms with Crippen LogP contribution in [0.2, 0.25) is 0 Å². The third-order valence-corrected chi connectivity index (χ3v) is 3.45. The molecular formula is C11H9BrN4. The zero-order valence-corrected chi connectivity index (χ0v) is 10.2. The molecule has 0 saturated carbocycles. The van der Waals surface area contributed by atoms with Gasteiger partial charge in [0.1, 0.15) is 0 Å². The van der Waals surface area contributed by atoms with Crippen LogP contribution < -0.4 is 0 Å². The third-order valence-electron chi connectivity index (χ3n) is 2.50. The highest BCUT2D eigenvalue weighted by Crippen LogP contribution is 2.24. The molecule has 3 aromatic rings. The molecule has 80 valence electrons. The van der Waals surface area contributed by atoms with Gasteiger partial charge in [-0.1, -0.05) is 30.3 Å². The molecule has 4 nitrogen and oxygen atoms in total. The Labute approximate surface area is 100 Å². The van der Waals surface area contributed by atoms with E-state index in [0.717, 1.165) is 27.2 Å². The van der Waals surface area contributed by atoms with Crippen LogP contribution >= 0.6 is 15.9 Å². The van der Waals surface area contributed by atoms with Crippen LogP contribution in [0.3, 0.4) is 0 Å². The first-order valence-corrected chi connectivity index (χ1v) is 5.71. The molecule has 0 aliphatic heterocycles. The van der Waals surface area contributed by atoms with E-state index in [1.165, 1.54) is 0 Å². The third kappa shape index (κ3) is 1.28. The number of halogens is 1. The van der Waals surface area contributed by atoms with Crippen LogP contribution in [-0.4, -0.2) is 19.8 Å². The van der Waals surface area contributed by atoms with Crippen molar-refractivity contribution in [1.82, 2.24) is 19.8 Å². The Bertz CT molecular complexity index is 639. The first kappa shape index (κ1) is 9.59. The molecule has 0 bridgehead atoms. The van der Waals surface area contributed by atoms with Crippen molar-refractivity contribution in [2.45, 2.75) is 6.92 Å². The molecule has 3 rings (SSSR count). The van der Waals surface area contributed by atoms with Gasteiger partial charge in [0.05, 0.1) is 4.47 Å². The van der Waals surface area contributed by atoms with Crippen LogP contribution in [0.25, 0.3) is 17.0 Å². The van der Waals surface area contributed by atoms with E-state index in [-0.39, 0.29) is 0 Å². The van der Waals surface area contributed by atoms with E-state index in [1.54, 1.807) is 0 Å². The van der Waals surface area contributed by atoms with Crippen LogP contribution in [0.1, 0.15) is 5.69 Å². The van der Waals surface area contributed by atoms with Crippen molar-refractivity contribution in [1.29, 1.82) is 0 Å². The molecule has 0 atom stereocenters. The standard InChI is InChI=1S/C11H9BrN4/c1-7-9(12)11-14-13-10(16(11)15-7)8-5-3-2-4-6-8/h2-6,15H,1H3. The number of hydrogen-bond donors (Lipinski definition) is 1. The van der Waals surface area contributed by atoms with Gasteiger partial charge in [0.2, 0.25) is 0 Å². The number of nitrogens with one attached hydrogen (secondary N) is 1. The van der Waals surface area contributed by atoms with Crippen LogP contribution in [0.15, 0.2) is 34.8 Å². The van der Waals surface area contributed by atoms with Crippen molar-refractivity contribution >= 4 is 21.6 Å². The van der Waals surface area contributed by atoms with E-state index in [2.05, 4.69) is 31.2 Å². The molecule has 5 heteroatoms. The minimum absolute atomic E-state index is 0.816. The van der Waals surface area contributed by atoms with E-state index >= 15 is 0 Å². The van der Waals surface area contributed by atoms with E-state index in [0.29, 0.717) is 0 Å². The van der Waals surface area contributed by atoms with Gasteiger partial charge in [-0.25, -0.2) is 4.52 Å². The Morgan fingerprint density at radius 1 is 1.19 bits per heavy atom. The van der Waals surface area contributed by atoms with Crippen molar-refractivity contribution < 1.29 is 0 Å². The molecule has 1 N–H and O–H groups in total. The number of H-pyrrole nitrogens is 1. The molecule has 1 aromatic carbocycles. The summed E-state index contributed by atoms with van der Waals surface area (Å²) in [6.07, 6.45) is 0. The average Bonchev–Trinajstić information content (AvgIpc) is 2.83. The SMILES string of the molecule is Cc1[nH]n2c(-c3ccccc3)nnc2c1Br. The number of benzene rings is 1. The summed E-state index contributed by atoms with van der Waals surface area (Å²) in [5.74, 6) is 0.824. The van der Waals surface area contributed by atoms with Crippen molar-refractivity contribution in [3.63, 3.8) is 0 Å². The van der Waals surface area contributed by atoms with E-state index in [9.17, 15) is 0 Å². The van der Waals surface area contributed by atoms with Crippen LogP contribution in [0.4, 0.5) is 0 Å². The second-order valence-corrected chi connectivity index (χ2v) is 4.39. The Morgan fingerprint density at radius 3 is 2.69 bits per heavy atom. The second kappa shape index (κ2) is 3.45. The van der Waals surface area contributed by atoms with Gasteiger partial charge in [0.15, 0.2) is 11.5 Å². The number of aryl methyl sites for hydroxylation is 1. The maximum atomic E-state index is 4.18. The van der Waals surface area contributed by atoms with Gasteiger partial charge in [-0.05, 0) is 22.9 Å². The minimum Gasteiger partial charge on any atom is -0.294 e. The summed E-state index contributed by atoms with van der Waals surface area (Å²) in [7, 11) is 0. The molecule has 0 amide bonds. The van der Waals surface area contributed by atoms with Crippen LogP contribution in [0, 0.1) is 6.92 Å². The fourth-order valence-corrected chi connectivity index (χ4v) is 2.04. The number of aromatic nitrogens is 4. The molecule has 0 saturated heterocycles. The second-order valence-electron chi connectivity index (χ2n) is 3.60. The first-order chi connectivity index (χ1) is 7.77. The molecule has 16 heavy (non-hydrogen) atoms. The van der Waals surface area contributed by atoms with Gasteiger partial charge >= 0.3 is 0 Å². The topological polar surface area (TPSA) is 46.0 Å². The molecule has 0 fully saturated rings. The average molecular weight is 277 g/mol. The summed E-state index contributed by atoms with van der Waals surface area (Å²) in [4.78, 5) is 0. The molecule has 2 heterocycles. The Balaban J connectivity index is 2.29. The molecule has 0 aliphatic carbocycles. The lowest BCUT2D eigenvalue weighted by Gasteiger charge is -1.96. The van der Waals surface area contributed by atoms with Gasteiger partial charge in [-0.2, -0.15) is 0 Å². The quantitative estimate of drug-likeness (QED) is 0.743. The van der Waals surface area contributed by atoms with Crippen molar-refractivity contribution in [2.24, 2.45) is 0 Å². The maximum absolute atomic E-state index is 4.18. The van der Waals surface area contributed by atoms with Crippen molar-refractivity contribution in [3.05, 3.63) is 40.5 Å². The summed E-state index contributed by atoms with van der Waals surface area (Å²) < 4.78 is 2.84. The predicted molar refractivity (Wildman–Crippen MR) is 65.2 cm³/mol. The lowest BCUT2D eigenvalue weighted by Crippen LogP contribution is -1.89. The number of fused-ring (bicyclic) bond motifs is 1. The molecule has 0 spiro atoms. The smallest absolute Gasteiger partial charge is 0.192 e. The predicted octanol–water partition coefficient (Wildman–Crippen LogP) is 2.80. The van der Waals surface area contributed by atoms with E-state index in [1.807, 2.05) is 41.8 Å². The lowest BCUT2D eigenvalue weighted by molar-refractivity contribution is 0.937. The first-order valence-electron chi connectivity index (χ1n) is 4.92. The highest BCUT2D eigenvalue weighted by atomic mass is 79.9. The summed E-state index contributed by atoms with van der Waals surface area (Å²) in [5, 5.41) is 11.5. The molecule has 0 aliphatic rings. The Kier molecular flexibility index (Phi) is 2.07. The molecule has 0 unspecified atom stereocenters. The molecular weight excluding hydrogens is 268 g/mol. The number of nitrogens with zero attached hydrogens (tertiary/aromatic N) is 3. The summed E-state index contributed by atoms with van der Waals surface area (Å²) >= 11 is 3.48. The van der Waals surface area contributed by atoms with Gasteiger partial charge in [-0.15, -0.1) is 10.2 Å². The zero-order valence-electron chi connectivity index (χ0n) is 8.61. The summed E-state index contributed by atoms with van der Waals surface area (Å²) in [6, 6.07) is 9.99. The van der Waals surface area contributed by atoms with E-state index < -0.39 is 0 Å². The fourth-order valence-electron chi connectivity index (χ4n) is 1.69.